The van der Waals surface area contributed by atoms with Gasteiger partial charge in [-0.15, -0.1) is 0 Å². The van der Waals surface area contributed by atoms with Gasteiger partial charge in [0.2, 0.25) is 0 Å². The Morgan fingerprint density at radius 1 is 1.04 bits per heavy atom. The van der Waals surface area contributed by atoms with Crippen molar-refractivity contribution >= 4 is 5.91 Å². The van der Waals surface area contributed by atoms with Crippen LogP contribution in [-0.2, 0) is 0 Å². The van der Waals surface area contributed by atoms with Crippen molar-refractivity contribution in [1.29, 1.82) is 0 Å². The highest BCUT2D eigenvalue weighted by Gasteiger charge is 2.28. The number of piperidine rings is 1. The van der Waals surface area contributed by atoms with Gasteiger partial charge >= 0.3 is 0 Å². The van der Waals surface area contributed by atoms with E-state index in [1.54, 1.807) is 10.9 Å². The normalized spacial score (nSPS) is 23.9. The maximum atomic E-state index is 12.8. The van der Waals surface area contributed by atoms with Gasteiger partial charge in [0.1, 0.15) is 0 Å². The first-order valence-electron chi connectivity index (χ1n) is 10.4. The van der Waals surface area contributed by atoms with Gasteiger partial charge in [0.15, 0.2) is 0 Å². The summed E-state index contributed by atoms with van der Waals surface area (Å²) >= 11 is 0. The first-order valence-corrected chi connectivity index (χ1v) is 10.4. The zero-order valence-corrected chi connectivity index (χ0v) is 16.0. The number of nitrogens with zero attached hydrogens (tertiary/aromatic N) is 3. The number of aromatic nitrogens is 2. The molecule has 144 valence electrons. The lowest BCUT2D eigenvalue weighted by Gasteiger charge is -2.37. The number of nitrogens with one attached hydrogen (secondary N) is 1. The van der Waals surface area contributed by atoms with Crippen LogP contribution in [0.2, 0.25) is 0 Å². The Morgan fingerprint density at radius 3 is 2.56 bits per heavy atom. The Hall–Kier alpha value is -2.14. The molecule has 1 saturated carbocycles. The zero-order valence-electron chi connectivity index (χ0n) is 16.0. The molecule has 27 heavy (non-hydrogen) atoms. The lowest BCUT2D eigenvalue weighted by molar-refractivity contribution is 0.0877. The average molecular weight is 367 g/mol. The van der Waals surface area contributed by atoms with Crippen LogP contribution >= 0.6 is 0 Å². The van der Waals surface area contributed by atoms with Crippen molar-refractivity contribution in [2.45, 2.75) is 51.0 Å². The highest BCUT2D eigenvalue weighted by atomic mass is 16.1. The summed E-state index contributed by atoms with van der Waals surface area (Å²) in [7, 11) is 0. The van der Waals surface area contributed by atoms with Gasteiger partial charge in [-0.05, 0) is 75.0 Å². The molecule has 5 nitrogen and oxygen atoms in total. The van der Waals surface area contributed by atoms with Crippen LogP contribution in [0.25, 0.3) is 5.69 Å². The van der Waals surface area contributed by atoms with E-state index in [1.807, 2.05) is 36.5 Å². The van der Waals surface area contributed by atoms with Crippen LogP contribution in [0.5, 0.6) is 0 Å². The third-order valence-electron chi connectivity index (χ3n) is 6.07. The van der Waals surface area contributed by atoms with E-state index in [2.05, 4.69) is 15.3 Å². The predicted molar refractivity (Wildman–Crippen MR) is 107 cm³/mol. The maximum absolute atomic E-state index is 12.8. The number of benzene rings is 1. The van der Waals surface area contributed by atoms with Gasteiger partial charge in [0, 0.05) is 30.5 Å². The van der Waals surface area contributed by atoms with Crippen LogP contribution < -0.4 is 5.32 Å². The molecule has 0 spiro atoms. The van der Waals surface area contributed by atoms with E-state index in [4.69, 9.17) is 0 Å². The molecule has 5 heteroatoms. The minimum Gasteiger partial charge on any atom is -0.349 e. The predicted octanol–water partition coefficient (Wildman–Crippen LogP) is 3.65. The second kappa shape index (κ2) is 8.70. The Balaban J connectivity index is 1.37. The van der Waals surface area contributed by atoms with Crippen LogP contribution in [0.1, 0.15) is 55.3 Å². The summed E-state index contributed by atoms with van der Waals surface area (Å²) in [6, 6.07) is 9.90. The molecule has 4 rings (SSSR count). The van der Waals surface area contributed by atoms with Crippen molar-refractivity contribution in [2.24, 2.45) is 5.92 Å². The molecule has 2 atom stereocenters. The monoisotopic (exact) mass is 366 g/mol. The molecule has 1 aliphatic carbocycles. The van der Waals surface area contributed by atoms with E-state index in [1.165, 1.54) is 51.6 Å². The first-order chi connectivity index (χ1) is 13.3. The Labute approximate surface area is 161 Å². The van der Waals surface area contributed by atoms with Gasteiger partial charge in [-0.2, -0.15) is 5.10 Å². The number of carbonyl (C=O) groups is 1. The average Bonchev–Trinajstić information content (AvgIpc) is 3.25. The summed E-state index contributed by atoms with van der Waals surface area (Å²) in [6.07, 6.45) is 12.5. The lowest BCUT2D eigenvalue weighted by Crippen LogP contribution is -2.47. The maximum Gasteiger partial charge on any atom is 0.251 e. The number of hydrogen-bond donors (Lipinski definition) is 1. The van der Waals surface area contributed by atoms with Gasteiger partial charge in [-0.25, -0.2) is 4.68 Å². The highest BCUT2D eigenvalue weighted by molar-refractivity contribution is 5.94. The third kappa shape index (κ3) is 4.59. The number of amides is 1. The summed E-state index contributed by atoms with van der Waals surface area (Å²) in [5, 5.41) is 7.57. The SMILES string of the molecule is O=C(NC1CCCCC1CN1CCCCC1)c1ccc(-n2cccn2)cc1. The molecule has 1 saturated heterocycles. The Morgan fingerprint density at radius 2 is 1.81 bits per heavy atom. The molecule has 1 aliphatic heterocycles. The molecular formula is C22H30N4O. The molecule has 2 unspecified atom stereocenters. The molecule has 2 fully saturated rings. The lowest BCUT2D eigenvalue weighted by atomic mass is 9.83. The minimum atomic E-state index is 0.0533. The fourth-order valence-electron chi connectivity index (χ4n) is 4.53. The molecule has 1 amide bonds. The second-order valence-corrected chi connectivity index (χ2v) is 7.98. The van der Waals surface area contributed by atoms with Crippen molar-refractivity contribution in [3.63, 3.8) is 0 Å². The van der Waals surface area contributed by atoms with Gasteiger partial charge in [-0.1, -0.05) is 19.3 Å². The minimum absolute atomic E-state index is 0.0533. The van der Waals surface area contributed by atoms with Gasteiger partial charge < -0.3 is 10.2 Å². The number of likely N-dealkylation sites (tertiary alicyclic amines) is 1. The first kappa shape index (κ1) is 18.2. The van der Waals surface area contributed by atoms with E-state index in [-0.39, 0.29) is 5.91 Å². The van der Waals surface area contributed by atoms with Crippen molar-refractivity contribution in [2.75, 3.05) is 19.6 Å². The van der Waals surface area contributed by atoms with Gasteiger partial charge in [-0.3, -0.25) is 4.79 Å². The number of carbonyl (C=O) groups excluding carboxylic acids is 1. The van der Waals surface area contributed by atoms with E-state index in [9.17, 15) is 4.79 Å². The van der Waals surface area contributed by atoms with E-state index in [0.29, 0.717) is 12.0 Å². The summed E-state index contributed by atoms with van der Waals surface area (Å²) < 4.78 is 1.80. The zero-order chi connectivity index (χ0) is 18.5. The molecular weight excluding hydrogens is 336 g/mol. The van der Waals surface area contributed by atoms with Crippen LogP contribution in [0.15, 0.2) is 42.7 Å². The number of rotatable bonds is 5. The van der Waals surface area contributed by atoms with Crippen LogP contribution in [0, 0.1) is 5.92 Å². The third-order valence-corrected chi connectivity index (χ3v) is 6.07. The van der Waals surface area contributed by atoms with Crippen molar-refractivity contribution < 1.29 is 4.79 Å². The quantitative estimate of drug-likeness (QED) is 0.879. The second-order valence-electron chi connectivity index (χ2n) is 7.98. The largest absolute Gasteiger partial charge is 0.349 e. The van der Waals surface area contributed by atoms with E-state index < -0.39 is 0 Å². The standard InChI is InChI=1S/C22H30N4O/c27-22(18-9-11-20(12-10-18)26-16-6-13-23-26)24-21-8-3-2-7-19(21)17-25-14-4-1-5-15-25/h6,9-13,16,19,21H,1-5,7-8,14-15,17H2,(H,24,27). The van der Waals surface area contributed by atoms with Crippen LogP contribution in [0.3, 0.4) is 0 Å². The van der Waals surface area contributed by atoms with Crippen LogP contribution in [0.4, 0.5) is 0 Å². The topological polar surface area (TPSA) is 50.2 Å². The molecule has 0 bridgehead atoms. The van der Waals surface area contributed by atoms with Crippen molar-refractivity contribution in [3.8, 4) is 5.69 Å². The van der Waals surface area contributed by atoms with Crippen molar-refractivity contribution in [1.82, 2.24) is 20.0 Å². The van der Waals surface area contributed by atoms with Gasteiger partial charge in [0.05, 0.1) is 5.69 Å². The Kier molecular flexibility index (Phi) is 5.87. The van der Waals surface area contributed by atoms with E-state index in [0.717, 1.165) is 24.2 Å². The molecule has 1 N–H and O–H groups in total. The summed E-state index contributed by atoms with van der Waals surface area (Å²) in [6.45, 7) is 3.60. The molecule has 0 radical (unpaired) electrons. The molecule has 1 aromatic carbocycles. The molecule has 2 heterocycles. The van der Waals surface area contributed by atoms with Crippen LogP contribution in [-0.4, -0.2) is 46.3 Å². The summed E-state index contributed by atoms with van der Waals surface area (Å²) in [5.74, 6) is 0.640. The molecule has 2 aromatic rings. The highest BCUT2D eigenvalue weighted by Crippen LogP contribution is 2.26. The van der Waals surface area contributed by atoms with Crippen molar-refractivity contribution in [3.05, 3.63) is 48.3 Å². The molecule has 2 aliphatic rings. The fourth-order valence-corrected chi connectivity index (χ4v) is 4.53. The number of hydrogen-bond acceptors (Lipinski definition) is 3. The molecule has 1 aromatic heterocycles. The smallest absolute Gasteiger partial charge is 0.251 e. The van der Waals surface area contributed by atoms with Gasteiger partial charge in [0.25, 0.3) is 5.91 Å². The summed E-state index contributed by atoms with van der Waals surface area (Å²) in [4.78, 5) is 15.4. The fraction of sp³-hybridized carbons (Fsp3) is 0.545. The van der Waals surface area contributed by atoms with E-state index >= 15 is 0 Å². The summed E-state index contributed by atoms with van der Waals surface area (Å²) in [5.41, 5.74) is 1.70. The Bertz CT molecular complexity index is 719.